The molecule has 0 saturated heterocycles. The first-order valence-electron chi connectivity index (χ1n) is 51.8. The Balaban J connectivity index is 0.000000235. The Bertz CT molecular complexity index is 6020. The predicted molar refractivity (Wildman–Crippen MR) is 424 cm³/mol. The first-order chi connectivity index (χ1) is 61.1. The second-order valence-electron chi connectivity index (χ2n) is 26.8. The van der Waals surface area contributed by atoms with Crippen molar-refractivity contribution in [3.05, 3.63) is 262 Å². The van der Waals surface area contributed by atoms with Crippen LogP contribution in [0.15, 0.2) is 128 Å². The van der Waals surface area contributed by atoms with Gasteiger partial charge in [0.25, 0.3) is 0 Å². The third-order valence-corrected chi connectivity index (χ3v) is 18.9. The van der Waals surface area contributed by atoms with Crippen LogP contribution in [0.25, 0.3) is 56.3 Å². The van der Waals surface area contributed by atoms with Gasteiger partial charge in [-0.05, 0) is 287 Å². The van der Waals surface area contributed by atoms with Crippen molar-refractivity contribution in [2.75, 3.05) is 0 Å². The first-order valence-corrected chi connectivity index (χ1v) is 33.3. The summed E-state index contributed by atoms with van der Waals surface area (Å²) in [6.45, 7) is -2.47. The van der Waals surface area contributed by atoms with E-state index in [2.05, 4.69) is 55.9 Å². The summed E-state index contributed by atoms with van der Waals surface area (Å²) in [5.41, 5.74) is 20.3. The third kappa shape index (κ3) is 18.5. The summed E-state index contributed by atoms with van der Waals surface area (Å²) in [5, 5.41) is 0. The van der Waals surface area contributed by atoms with E-state index in [1.807, 2.05) is 47.7 Å². The Morgan fingerprint density at radius 2 is 0.707 bits per heavy atom. The molecule has 4 atom stereocenters. The van der Waals surface area contributed by atoms with Crippen molar-refractivity contribution in [2.24, 2.45) is 35.2 Å². The number of pyridine rings is 5. The number of aromatic nitrogens is 5. The Morgan fingerprint density at radius 1 is 0.303 bits per heavy atom. The quantitative estimate of drug-likeness (QED) is 0.128. The van der Waals surface area contributed by atoms with Crippen molar-refractivity contribution in [3.8, 4) is 56.3 Å². The topological polar surface area (TPSA) is 19.4 Å². The maximum absolute atomic E-state index is 8.56. The summed E-state index contributed by atoms with van der Waals surface area (Å²) in [6.07, 6.45) is 13.5. The fraction of sp³-hybridized carbons (Fsp3) is 0.415. The monoisotopic (exact) mass is 1360 g/mol. The maximum Gasteiger partial charge on any atom is 0.215 e. The van der Waals surface area contributed by atoms with E-state index < -0.39 is 98.9 Å². The van der Waals surface area contributed by atoms with Crippen molar-refractivity contribution < 1.29 is 73.6 Å². The predicted octanol–water partition coefficient (Wildman–Crippen LogP) is 21.8. The van der Waals surface area contributed by atoms with E-state index in [0.29, 0.717) is 50.2 Å². The van der Waals surface area contributed by atoms with Crippen LogP contribution in [0.3, 0.4) is 0 Å². The summed E-state index contributed by atoms with van der Waals surface area (Å²) >= 11 is 0. The molecule has 10 aromatic rings. The number of benzene rings is 5. The van der Waals surface area contributed by atoms with E-state index in [9.17, 15) is 0 Å². The Hall–Kier alpha value is -8.15. The second kappa shape index (κ2) is 33.3. The van der Waals surface area contributed by atoms with Crippen LogP contribution >= 0.6 is 0 Å². The van der Waals surface area contributed by atoms with Crippen LogP contribution in [-0.4, -0.2) is 0 Å². The van der Waals surface area contributed by atoms with Gasteiger partial charge < -0.3 is 0 Å². The highest BCUT2D eigenvalue weighted by atomic mass is 14.9. The number of nitrogens with zero attached hydrogens (tertiary/aromatic N) is 5. The van der Waals surface area contributed by atoms with Crippen LogP contribution in [0.2, 0.25) is 0 Å². The first kappa shape index (κ1) is 40.9. The minimum atomic E-state index is -2.88. The van der Waals surface area contributed by atoms with Crippen molar-refractivity contribution in [3.63, 3.8) is 0 Å². The third-order valence-electron chi connectivity index (χ3n) is 18.9. The van der Waals surface area contributed by atoms with E-state index in [1.54, 1.807) is 115 Å². The molecule has 0 aliphatic heterocycles. The van der Waals surface area contributed by atoms with Gasteiger partial charge in [0.15, 0.2) is 31.0 Å². The van der Waals surface area contributed by atoms with Gasteiger partial charge in [-0.2, -0.15) is 0 Å². The molecule has 0 radical (unpaired) electrons. The molecule has 4 unspecified atom stereocenters. The maximum atomic E-state index is 8.56. The lowest BCUT2D eigenvalue weighted by Gasteiger charge is -2.16. The van der Waals surface area contributed by atoms with Crippen molar-refractivity contribution in [2.45, 2.75) is 228 Å². The lowest BCUT2D eigenvalue weighted by molar-refractivity contribution is -0.661. The molecular weight excluding hydrogens is 1200 g/mol. The molecule has 0 N–H and O–H groups in total. The largest absolute Gasteiger partial charge is 0.215 e. The van der Waals surface area contributed by atoms with Crippen molar-refractivity contribution in [1.29, 1.82) is 0 Å². The standard InChI is InChI=1S/C21H30N.2C19H26N.C18H22N.C17H22N/c1-13(2)18-10-20(16(6)9-15(18)5)21-11-19(14(3)4)17(7)12-22(21)8;1-12(2)17-10-18(15(5)8-14(17)4)19-9-13(3)16(6)11-20(19)7;1-12(2)17-8-9-18(13(3)10-17)19-16(6)15(5)14(4)11-20(19)7;1-13-8-9-17(14(2)10-13)18-11-15-6-4-5-7-16(15)12-19(18)3;1-11-7-8-16(12(2)9-11)17-15(5)14(4)13(3)10-18(17)6/h9-14H,1-8H3;2*8-12H,1-7H3;8-12H,4-7H2,1-3H3;7-10H,1-6H3/q5*+1/i1D3,3D3,5D3,7D3,13D,14D;1D3,4D3,6D3,12D;1D3,4D3,12D;;1D3,3D3. The molecule has 5 heteroatoms. The lowest BCUT2D eigenvalue weighted by Crippen LogP contribution is -2.33. The van der Waals surface area contributed by atoms with E-state index in [-0.39, 0.29) is 50.2 Å². The van der Waals surface area contributed by atoms with Crippen LogP contribution in [0.1, 0.15) is 276 Å². The summed E-state index contributed by atoms with van der Waals surface area (Å²) in [6, 6.07) is 27.8. The lowest BCUT2D eigenvalue weighted by atomic mass is 9.90. The molecule has 0 amide bonds. The molecule has 99 heavy (non-hydrogen) atoms. The van der Waals surface area contributed by atoms with Gasteiger partial charge >= 0.3 is 0 Å². The molecule has 0 bridgehead atoms. The van der Waals surface area contributed by atoms with E-state index in [4.69, 9.17) is 50.7 Å². The number of hydrogen-bond donors (Lipinski definition) is 0. The van der Waals surface area contributed by atoms with E-state index >= 15 is 0 Å². The zero-order valence-electron chi connectivity index (χ0n) is 98.7. The minimum absolute atomic E-state index is 0.0966. The van der Waals surface area contributed by atoms with Gasteiger partial charge in [-0.1, -0.05) is 115 Å². The zero-order valence-corrected chi connectivity index (χ0v) is 61.7. The van der Waals surface area contributed by atoms with Gasteiger partial charge in [0.1, 0.15) is 35.2 Å². The molecule has 11 rings (SSSR count). The second-order valence-corrected chi connectivity index (χ2v) is 26.8. The average Bonchev–Trinajstić information content (AvgIpc) is 0.720. The summed E-state index contributed by atoms with van der Waals surface area (Å²) < 4.78 is 299. The van der Waals surface area contributed by atoms with Crippen molar-refractivity contribution in [1.82, 2.24) is 0 Å². The molecule has 5 aromatic heterocycles. The smallest absolute Gasteiger partial charge is 0.201 e. The summed E-state index contributed by atoms with van der Waals surface area (Å²) in [4.78, 5) is 0. The van der Waals surface area contributed by atoms with Gasteiger partial charge in [-0.25, -0.2) is 22.8 Å². The molecule has 5 heterocycles. The average molecular weight is 1360 g/mol. The Kier molecular flexibility index (Phi) is 13.8. The fourth-order valence-corrected chi connectivity index (χ4v) is 12.9. The molecule has 1 aliphatic carbocycles. The molecule has 0 spiro atoms. The molecule has 0 saturated carbocycles. The van der Waals surface area contributed by atoms with Crippen LogP contribution in [0.4, 0.5) is 0 Å². The molecule has 5 nitrogen and oxygen atoms in total. The van der Waals surface area contributed by atoms with Gasteiger partial charge in [0.05, 0.1) is 0 Å². The molecule has 0 fully saturated rings. The van der Waals surface area contributed by atoms with Gasteiger partial charge in [0.2, 0.25) is 28.5 Å². The van der Waals surface area contributed by atoms with Gasteiger partial charge in [-0.15, -0.1) is 0 Å². The van der Waals surface area contributed by atoms with Crippen LogP contribution < -0.4 is 22.8 Å². The number of fused-ring (bicyclic) bond motifs is 1. The number of rotatable bonds is 9. The van der Waals surface area contributed by atoms with E-state index in [1.165, 1.54) is 116 Å². The minimum Gasteiger partial charge on any atom is -0.201 e. The SMILES string of the molecule is Cc1ccc(-c2cc3c(c[n+]2C)CCCC3)c(C)c1.[2H]C([2H])([2H])c1c[n+](C)c(-c2cc(C([2H])(C)C([2H])([2H])[2H])c(C([2H])([2H])[2H])cc2C)cc1C.[2H]C([2H])([2H])c1c[n+](C)c(-c2ccc(C([2H])(C)C([2H])([2H])[2H])cc2C)c(C)c1C.[2H]C([2H])([2H])c1cc(C)c(-c2cc(C([2H])(C)C([2H])([2H])[2H])c(C([2H])([2H])[2H])c[n+]2C)cc1C([2H])(C)C([2H])([2H])[2H].[2H]C([2H])([2H])c1ccc(-c2c(C)c(C)c(C([2H])([2H])[2H])c[n+]2C)c(C)c1. The molecule has 5 aromatic carbocycles. The van der Waals surface area contributed by atoms with Gasteiger partial charge in [-0.3, -0.25) is 0 Å². The fourth-order valence-electron chi connectivity index (χ4n) is 12.9. The molecule has 522 valence electrons. The van der Waals surface area contributed by atoms with Crippen LogP contribution in [0.5, 0.6) is 0 Å². The van der Waals surface area contributed by atoms with Crippen molar-refractivity contribution >= 4 is 0 Å². The molecule has 1 aliphatic rings. The van der Waals surface area contributed by atoms with Gasteiger partial charge in [0, 0.05) is 136 Å². The number of hydrogen-bond acceptors (Lipinski definition) is 0. The summed E-state index contributed by atoms with van der Waals surface area (Å²) in [7, 11) is 8.97. The number of aryl methyl sites for hydroxylation is 21. The highest BCUT2D eigenvalue weighted by molar-refractivity contribution is 5.69. The van der Waals surface area contributed by atoms with Crippen LogP contribution in [0, 0.1) is 124 Å². The highest BCUT2D eigenvalue weighted by Crippen LogP contribution is 2.35. The summed E-state index contributed by atoms with van der Waals surface area (Å²) in [5.74, 6) is -8.46. The zero-order chi connectivity index (χ0) is 105. The van der Waals surface area contributed by atoms with E-state index in [0.717, 1.165) is 69.7 Å². The Morgan fingerprint density at radius 3 is 1.19 bits per heavy atom. The normalized spacial score (nSPS) is 21.1. The highest BCUT2D eigenvalue weighted by Gasteiger charge is 2.25. The Labute approximate surface area is 653 Å². The van der Waals surface area contributed by atoms with Crippen LogP contribution in [-0.2, 0) is 48.1 Å². The molecular formula is C94H126N5+5.